The summed E-state index contributed by atoms with van der Waals surface area (Å²) < 4.78 is 195. The Morgan fingerprint density at radius 1 is 0.568 bits per heavy atom. The molecule has 3 nitrogen and oxygen atoms in total. The summed E-state index contributed by atoms with van der Waals surface area (Å²) in [6.07, 6.45) is 0. The van der Waals surface area contributed by atoms with Crippen LogP contribution in [0.2, 0.25) is 0 Å². The Bertz CT molecular complexity index is 1440. The number of hydrogen-bond donors (Lipinski definition) is 2. The van der Waals surface area contributed by atoms with Crippen molar-refractivity contribution in [1.29, 1.82) is 0 Å². The van der Waals surface area contributed by atoms with Gasteiger partial charge in [0.15, 0.2) is 46.5 Å². The lowest BCUT2D eigenvalue weighted by Gasteiger charge is -2.17. The summed E-state index contributed by atoms with van der Waals surface area (Å²) in [5.74, 6) is -24.0. The van der Waals surface area contributed by atoms with Crippen molar-refractivity contribution in [3.63, 3.8) is 0 Å². The van der Waals surface area contributed by atoms with E-state index in [1.54, 1.807) is 0 Å². The summed E-state index contributed by atoms with van der Waals surface area (Å²) in [7, 11) is -5.84. The fourth-order valence-corrected chi connectivity index (χ4v) is 3.00. The third-order valence-electron chi connectivity index (χ3n) is 4.27. The second-order valence-electron chi connectivity index (χ2n) is 6.51. The maximum Gasteiger partial charge on any atom is 0.522 e. The lowest BCUT2D eigenvalue weighted by atomic mass is 9.92. The van der Waals surface area contributed by atoms with Crippen LogP contribution in [0.1, 0.15) is 0 Å². The highest BCUT2D eigenvalue weighted by molar-refractivity contribution is 7.86. The van der Waals surface area contributed by atoms with Gasteiger partial charge in [-0.1, -0.05) is 12.1 Å². The van der Waals surface area contributed by atoms with E-state index in [0.717, 1.165) is 12.1 Å². The third-order valence-corrected chi connectivity index (χ3v) is 5.23. The fraction of sp³-hybridized carbons (Fsp3) is 0.0526. The van der Waals surface area contributed by atoms with Gasteiger partial charge in [0.25, 0.3) is 0 Å². The number of hydrogen-bond acceptors (Lipinski definition) is 3. The van der Waals surface area contributed by atoms with Gasteiger partial charge in [0.1, 0.15) is 0 Å². The molecule has 3 aromatic rings. The van der Waals surface area contributed by atoms with Crippen LogP contribution in [0, 0.1) is 58.2 Å². The molecule has 0 aliphatic rings. The molecule has 1 N–H and O–H groups in total. The zero-order chi connectivity index (χ0) is 28.8. The van der Waals surface area contributed by atoms with Crippen molar-refractivity contribution < 1.29 is 70.0 Å². The second-order valence-corrected chi connectivity index (χ2v) is 8.41. The molecule has 0 spiro atoms. The Balaban J connectivity index is 0.000000521. The third kappa shape index (κ3) is 5.49. The van der Waals surface area contributed by atoms with E-state index in [1.807, 2.05) is 0 Å². The molecule has 18 heteroatoms. The van der Waals surface area contributed by atoms with Crippen LogP contribution >= 0.6 is 12.6 Å². The lowest BCUT2D eigenvalue weighted by Crippen LogP contribution is -2.21. The Labute approximate surface area is 202 Å². The van der Waals surface area contributed by atoms with Gasteiger partial charge in [-0.15, -0.1) is 12.6 Å². The van der Waals surface area contributed by atoms with Crippen molar-refractivity contribution in [2.24, 2.45) is 0 Å². The molecule has 0 saturated carbocycles. The molecule has 0 aromatic heterocycles. The first-order valence-electron chi connectivity index (χ1n) is 8.64. The molecule has 0 saturated heterocycles. The molecular formula is C19H5F13O3S2. The normalized spacial score (nSPS) is 11.9. The SMILES string of the molecule is Fc1c(F)c(F)c(-c2cccc(S)c2-c2c(F)c(F)c(F)c(F)c2F)c(F)c1F.O=S(=O)(O)C(F)(F)F. The Kier molecular flexibility index (Phi) is 8.50. The molecule has 202 valence electrons. The molecule has 3 rings (SSSR count). The molecular weight excluding hydrogens is 587 g/mol. The van der Waals surface area contributed by atoms with Crippen LogP contribution in [0.4, 0.5) is 57.1 Å². The standard InChI is InChI=1S/C18H4F10S.CHF3O3S/c19-9-7(10(20)14(24)17(27)13(9)23)4-2-1-3-5(29)6(4)8-11(21)15(25)18(28)16(26)12(8)22;2-1(3,4)8(5,6)7/h1-3,29H;(H,5,6,7). The maximum absolute atomic E-state index is 14.2. The van der Waals surface area contributed by atoms with Crippen LogP contribution in [0.15, 0.2) is 23.1 Å². The van der Waals surface area contributed by atoms with Gasteiger partial charge >= 0.3 is 15.6 Å². The quantitative estimate of drug-likeness (QED) is 0.0835. The van der Waals surface area contributed by atoms with Gasteiger partial charge in [0.2, 0.25) is 11.6 Å². The van der Waals surface area contributed by atoms with E-state index in [4.69, 9.17) is 13.0 Å². The minimum absolute atomic E-state index is 0.561. The van der Waals surface area contributed by atoms with Gasteiger partial charge in [0, 0.05) is 10.5 Å². The van der Waals surface area contributed by atoms with Crippen LogP contribution in [0.3, 0.4) is 0 Å². The van der Waals surface area contributed by atoms with Gasteiger partial charge in [-0.05, 0) is 11.6 Å². The van der Waals surface area contributed by atoms with E-state index < -0.39 is 101 Å². The highest BCUT2D eigenvalue weighted by Crippen LogP contribution is 2.43. The van der Waals surface area contributed by atoms with E-state index in [2.05, 4.69) is 12.6 Å². The molecule has 0 amide bonds. The number of alkyl halides is 3. The second kappa shape index (κ2) is 10.4. The lowest BCUT2D eigenvalue weighted by molar-refractivity contribution is -0.0510. The summed E-state index contributed by atoms with van der Waals surface area (Å²) in [4.78, 5) is -0.561. The average molecular weight is 592 g/mol. The van der Waals surface area contributed by atoms with Crippen LogP contribution in [0.25, 0.3) is 22.3 Å². The molecule has 0 aliphatic heterocycles. The minimum atomic E-state index is -5.84. The number of halogens is 13. The van der Waals surface area contributed by atoms with Crippen LogP contribution in [-0.2, 0) is 10.1 Å². The van der Waals surface area contributed by atoms with Crippen molar-refractivity contribution in [2.45, 2.75) is 10.4 Å². The average Bonchev–Trinajstić information content (AvgIpc) is 2.79. The summed E-state index contributed by atoms with van der Waals surface area (Å²) in [6.45, 7) is 0. The van der Waals surface area contributed by atoms with Gasteiger partial charge < -0.3 is 0 Å². The van der Waals surface area contributed by atoms with Crippen LogP contribution < -0.4 is 0 Å². The van der Waals surface area contributed by atoms with Gasteiger partial charge in [0.05, 0.1) is 11.1 Å². The fourth-order valence-electron chi connectivity index (χ4n) is 2.68. The summed E-state index contributed by atoms with van der Waals surface area (Å²) in [6, 6.07) is 2.59. The van der Waals surface area contributed by atoms with E-state index in [1.165, 1.54) is 0 Å². The zero-order valence-electron chi connectivity index (χ0n) is 16.8. The van der Waals surface area contributed by atoms with Crippen molar-refractivity contribution >= 4 is 22.7 Å². The van der Waals surface area contributed by atoms with Gasteiger partial charge in [-0.25, -0.2) is 43.9 Å². The first-order valence-corrected chi connectivity index (χ1v) is 10.5. The number of rotatable bonds is 2. The van der Waals surface area contributed by atoms with Crippen molar-refractivity contribution in [3.8, 4) is 22.3 Å². The molecule has 0 aliphatic carbocycles. The van der Waals surface area contributed by atoms with Crippen molar-refractivity contribution in [3.05, 3.63) is 76.4 Å². The molecule has 0 atom stereocenters. The molecule has 37 heavy (non-hydrogen) atoms. The summed E-state index contributed by atoms with van der Waals surface area (Å²) in [5, 5.41) is 0. The monoisotopic (exact) mass is 592 g/mol. The van der Waals surface area contributed by atoms with E-state index in [9.17, 15) is 57.1 Å². The molecule has 3 aromatic carbocycles. The molecule has 0 fully saturated rings. The summed E-state index contributed by atoms with van der Waals surface area (Å²) >= 11 is 3.78. The molecule has 0 unspecified atom stereocenters. The topological polar surface area (TPSA) is 54.4 Å². The molecule has 0 bridgehead atoms. The highest BCUT2D eigenvalue weighted by Gasteiger charge is 2.44. The van der Waals surface area contributed by atoms with Crippen LogP contribution in [0.5, 0.6) is 0 Å². The zero-order valence-corrected chi connectivity index (χ0v) is 18.5. The van der Waals surface area contributed by atoms with E-state index >= 15 is 0 Å². The Morgan fingerprint density at radius 3 is 1.19 bits per heavy atom. The van der Waals surface area contributed by atoms with Crippen molar-refractivity contribution in [2.75, 3.05) is 0 Å². The van der Waals surface area contributed by atoms with E-state index in [0.29, 0.717) is 6.07 Å². The van der Waals surface area contributed by atoms with Crippen molar-refractivity contribution in [1.82, 2.24) is 0 Å². The number of benzene rings is 3. The first kappa shape index (κ1) is 30.2. The smallest absolute Gasteiger partial charge is 0.279 e. The largest absolute Gasteiger partial charge is 0.522 e. The van der Waals surface area contributed by atoms with Crippen LogP contribution in [-0.4, -0.2) is 18.5 Å². The number of thiol groups is 1. The Hall–Kier alpha value is -2.99. The van der Waals surface area contributed by atoms with Gasteiger partial charge in [-0.3, -0.25) is 4.55 Å². The maximum atomic E-state index is 14.2. The van der Waals surface area contributed by atoms with Gasteiger partial charge in [-0.2, -0.15) is 21.6 Å². The van der Waals surface area contributed by atoms with E-state index in [-0.39, 0.29) is 0 Å². The minimum Gasteiger partial charge on any atom is -0.279 e. The first-order chi connectivity index (χ1) is 16.8. The highest BCUT2D eigenvalue weighted by atomic mass is 32.2. The molecule has 0 heterocycles. The molecule has 0 radical (unpaired) electrons. The Morgan fingerprint density at radius 2 is 0.865 bits per heavy atom. The predicted octanol–water partition coefficient (Wildman–Crippen LogP) is 7.09. The summed E-state index contributed by atoms with van der Waals surface area (Å²) in [5.41, 5.74) is -10.9. The predicted molar refractivity (Wildman–Crippen MR) is 102 cm³/mol.